The van der Waals surface area contributed by atoms with E-state index in [1.54, 1.807) is 6.08 Å². The summed E-state index contributed by atoms with van der Waals surface area (Å²) in [6.45, 7) is 5.30. The van der Waals surface area contributed by atoms with Crippen LogP contribution in [0.3, 0.4) is 0 Å². The van der Waals surface area contributed by atoms with Crippen LogP contribution in [0.25, 0.3) is 0 Å². The van der Waals surface area contributed by atoms with Crippen molar-refractivity contribution in [2.75, 3.05) is 26.2 Å². The van der Waals surface area contributed by atoms with Crippen molar-refractivity contribution in [3.8, 4) is 0 Å². The van der Waals surface area contributed by atoms with Crippen LogP contribution in [0.1, 0.15) is 32.6 Å². The Labute approximate surface area is 177 Å². The Hall–Kier alpha value is -1.48. The highest BCUT2D eigenvalue weighted by Crippen LogP contribution is 2.66. The third-order valence-electron chi connectivity index (χ3n) is 8.72. The molecule has 0 aromatic heterocycles. The van der Waals surface area contributed by atoms with Gasteiger partial charge in [0.05, 0.1) is 12.1 Å². The van der Waals surface area contributed by atoms with Gasteiger partial charge in [-0.25, -0.2) is 4.39 Å². The summed E-state index contributed by atoms with van der Waals surface area (Å²) in [7, 11) is 0. The molecule has 1 aliphatic carbocycles. The van der Waals surface area contributed by atoms with Crippen LogP contribution >= 0.6 is 0 Å². The van der Waals surface area contributed by atoms with E-state index in [1.165, 1.54) is 0 Å². The molecule has 5 aliphatic rings. The lowest BCUT2D eigenvalue weighted by molar-refractivity contribution is -0.244. The average molecular weight is 419 g/mol. The fourth-order valence-electron chi connectivity index (χ4n) is 6.97. The summed E-state index contributed by atoms with van der Waals surface area (Å²) in [5.74, 6) is 0.109. The van der Waals surface area contributed by atoms with Gasteiger partial charge in [0.25, 0.3) is 0 Å². The number of carbonyl (C=O) groups is 1. The van der Waals surface area contributed by atoms with E-state index in [4.69, 9.17) is 11.5 Å². The molecule has 1 saturated carbocycles. The van der Waals surface area contributed by atoms with Gasteiger partial charge in [-0.3, -0.25) is 9.69 Å². The van der Waals surface area contributed by atoms with E-state index in [-0.39, 0.29) is 22.9 Å². The number of nitrogens with zero attached hydrogens (tertiary/aromatic N) is 1. The normalized spacial score (nSPS) is 40.4. The zero-order valence-electron chi connectivity index (χ0n) is 17.7. The summed E-state index contributed by atoms with van der Waals surface area (Å²) >= 11 is 0. The van der Waals surface area contributed by atoms with Crippen molar-refractivity contribution in [1.82, 2.24) is 20.9 Å². The Kier molecular flexibility index (Phi) is 4.96. The molecule has 166 valence electrons. The fraction of sp³-hybridized carbons (Fsp3) is 0.773. The fourth-order valence-corrected chi connectivity index (χ4v) is 6.97. The van der Waals surface area contributed by atoms with Gasteiger partial charge in [-0.2, -0.15) is 0 Å². The van der Waals surface area contributed by atoms with E-state index in [0.717, 1.165) is 51.0 Å². The van der Waals surface area contributed by atoms with Crippen LogP contribution in [0.5, 0.6) is 0 Å². The molecule has 6 unspecified atom stereocenters. The molecule has 1 amide bonds. The number of carbonyl (C=O) groups excluding carboxylic acids is 1. The van der Waals surface area contributed by atoms with Crippen LogP contribution in [0.15, 0.2) is 24.0 Å². The lowest BCUT2D eigenvalue weighted by Gasteiger charge is -2.76. The minimum Gasteiger partial charge on any atom is -0.389 e. The number of nitrogens with two attached hydrogens (primary N) is 2. The maximum absolute atomic E-state index is 14.3. The molecule has 7 N–H and O–H groups in total. The van der Waals surface area contributed by atoms with Crippen LogP contribution in [0, 0.1) is 23.2 Å². The molecule has 0 bridgehead atoms. The first-order valence-corrected chi connectivity index (χ1v) is 11.4. The summed E-state index contributed by atoms with van der Waals surface area (Å²) < 4.78 is 14.3. The van der Waals surface area contributed by atoms with Crippen molar-refractivity contribution in [3.05, 3.63) is 24.0 Å². The molecular formula is C22H35FN6O. The Morgan fingerprint density at radius 1 is 1.37 bits per heavy atom. The van der Waals surface area contributed by atoms with E-state index in [1.807, 2.05) is 12.3 Å². The molecule has 4 aliphatic heterocycles. The van der Waals surface area contributed by atoms with Crippen molar-refractivity contribution in [2.45, 2.75) is 56.5 Å². The largest absolute Gasteiger partial charge is 0.389 e. The van der Waals surface area contributed by atoms with Crippen molar-refractivity contribution in [1.29, 1.82) is 0 Å². The van der Waals surface area contributed by atoms with E-state index >= 15 is 0 Å². The van der Waals surface area contributed by atoms with Gasteiger partial charge in [0.15, 0.2) is 0 Å². The molecule has 1 spiro atoms. The number of nitrogens with one attached hydrogen (secondary N) is 3. The van der Waals surface area contributed by atoms with E-state index in [0.29, 0.717) is 18.4 Å². The second-order valence-electron chi connectivity index (χ2n) is 10.1. The Balaban J connectivity index is 1.40. The highest BCUT2D eigenvalue weighted by molar-refractivity contribution is 5.82. The second kappa shape index (κ2) is 7.29. The number of fused-ring (bicyclic) bond motifs is 3. The lowest BCUT2D eigenvalue weighted by atomic mass is 9.43. The maximum atomic E-state index is 14.3. The first-order chi connectivity index (χ1) is 14.4. The number of halogens is 1. The Morgan fingerprint density at radius 3 is 2.87 bits per heavy atom. The van der Waals surface area contributed by atoms with Crippen LogP contribution in [0.2, 0.25) is 0 Å². The Bertz CT molecular complexity index is 765. The lowest BCUT2D eigenvalue weighted by Crippen LogP contribution is -2.85. The maximum Gasteiger partial charge on any atom is 0.231 e. The van der Waals surface area contributed by atoms with Gasteiger partial charge in [-0.15, -0.1) is 0 Å². The average Bonchev–Trinajstić information content (AvgIpc) is 2.68. The third kappa shape index (κ3) is 2.80. The van der Waals surface area contributed by atoms with Gasteiger partial charge in [-0.1, -0.05) is 18.6 Å². The molecule has 0 radical (unpaired) electrons. The summed E-state index contributed by atoms with van der Waals surface area (Å²) in [6, 6.07) is -0.125. The SMILES string of the molecule is CC12C=CC(F)CN1C(C(C(=O)NC1=CNCC3CNCCC13)C(N)N)C21CCC1. The topological polar surface area (TPSA) is 108 Å². The monoisotopic (exact) mass is 418 g/mol. The number of hydrogen-bond acceptors (Lipinski definition) is 6. The summed E-state index contributed by atoms with van der Waals surface area (Å²) in [5, 5.41) is 9.93. The summed E-state index contributed by atoms with van der Waals surface area (Å²) in [5.41, 5.74) is 13.1. The number of alkyl halides is 1. The van der Waals surface area contributed by atoms with Gasteiger partial charge in [0, 0.05) is 54.4 Å². The molecule has 8 heteroatoms. The van der Waals surface area contributed by atoms with E-state index in [9.17, 15) is 9.18 Å². The first kappa shape index (κ1) is 20.4. The summed E-state index contributed by atoms with van der Waals surface area (Å²) in [4.78, 5) is 15.7. The predicted molar refractivity (Wildman–Crippen MR) is 114 cm³/mol. The first-order valence-electron chi connectivity index (χ1n) is 11.4. The van der Waals surface area contributed by atoms with Crippen LogP contribution in [-0.4, -0.2) is 60.9 Å². The van der Waals surface area contributed by atoms with E-state index in [2.05, 4.69) is 27.8 Å². The molecule has 6 atom stereocenters. The van der Waals surface area contributed by atoms with Gasteiger partial charge in [-0.05, 0) is 38.6 Å². The van der Waals surface area contributed by atoms with E-state index < -0.39 is 18.3 Å². The smallest absolute Gasteiger partial charge is 0.231 e. The molecule has 0 aromatic carbocycles. The van der Waals surface area contributed by atoms with Gasteiger partial charge in [0.1, 0.15) is 6.17 Å². The molecular weight excluding hydrogens is 383 g/mol. The van der Waals surface area contributed by atoms with Crippen LogP contribution < -0.4 is 27.4 Å². The molecule has 7 nitrogen and oxygen atoms in total. The highest BCUT2D eigenvalue weighted by atomic mass is 19.1. The predicted octanol–water partition coefficient (Wildman–Crippen LogP) is 0.154. The number of hydrogen-bond donors (Lipinski definition) is 5. The number of rotatable bonds is 4. The molecule has 4 heterocycles. The molecule has 2 saturated heterocycles. The quantitative estimate of drug-likeness (QED) is 0.329. The zero-order valence-corrected chi connectivity index (χ0v) is 17.7. The minimum atomic E-state index is -1.02. The molecule has 0 aromatic rings. The molecule has 5 rings (SSSR count). The standard InChI is InChI=1S/C22H35FN6O/c1-21-7-3-14(23)12-29(21)18(22(21)5-2-6-22)17(19(24)25)20(30)28-16-11-27-10-13-9-26-8-4-15(13)16/h3,7,11,13-15,17-19,26-27H,2,4-6,8-10,12,24-25H2,1H3,(H,28,30). The van der Waals surface area contributed by atoms with Crippen LogP contribution in [-0.2, 0) is 4.79 Å². The molecule has 30 heavy (non-hydrogen) atoms. The van der Waals surface area contributed by atoms with Crippen molar-refractivity contribution < 1.29 is 9.18 Å². The second-order valence-corrected chi connectivity index (χ2v) is 10.1. The van der Waals surface area contributed by atoms with Crippen molar-refractivity contribution >= 4 is 5.91 Å². The van der Waals surface area contributed by atoms with Crippen molar-refractivity contribution in [3.63, 3.8) is 0 Å². The third-order valence-corrected chi connectivity index (χ3v) is 8.72. The van der Waals surface area contributed by atoms with Gasteiger partial charge < -0.3 is 27.4 Å². The Morgan fingerprint density at radius 2 is 2.17 bits per heavy atom. The van der Waals surface area contributed by atoms with Crippen LogP contribution in [0.4, 0.5) is 4.39 Å². The van der Waals surface area contributed by atoms with Gasteiger partial charge in [0.2, 0.25) is 5.91 Å². The number of allylic oxidation sites excluding steroid dienone is 1. The number of piperidine rings is 1. The van der Waals surface area contributed by atoms with Gasteiger partial charge >= 0.3 is 0 Å². The molecule has 3 fully saturated rings. The van der Waals surface area contributed by atoms with Crippen molar-refractivity contribution in [2.24, 2.45) is 34.6 Å². The zero-order chi connectivity index (χ0) is 21.1. The summed E-state index contributed by atoms with van der Waals surface area (Å²) in [6.07, 6.45) is 8.02. The minimum absolute atomic E-state index is 0.0425. The highest BCUT2D eigenvalue weighted by Gasteiger charge is 2.72. The number of amides is 1.